The van der Waals surface area contributed by atoms with Crippen molar-refractivity contribution < 1.29 is 0 Å². The molecule has 0 radical (unpaired) electrons. The number of rotatable bonds is 1. The Bertz CT molecular complexity index is 628. The Labute approximate surface area is 92.4 Å². The summed E-state index contributed by atoms with van der Waals surface area (Å²) in [7, 11) is 0. The molecule has 3 aromatic heterocycles. The number of nitrogen functional groups attached to an aromatic ring is 1. The number of aromatic nitrogens is 3. The van der Waals surface area contributed by atoms with Gasteiger partial charge in [0.2, 0.25) is 0 Å². The number of pyridine rings is 2. The molecular weight excluding hydrogens is 200 g/mol. The van der Waals surface area contributed by atoms with Crippen LogP contribution in [0.5, 0.6) is 0 Å². The van der Waals surface area contributed by atoms with Crippen LogP contribution in [0.4, 0.5) is 5.69 Å². The molecule has 3 heterocycles. The van der Waals surface area contributed by atoms with E-state index in [2.05, 4.69) is 9.97 Å². The largest absolute Gasteiger partial charge is 0.399 e. The van der Waals surface area contributed by atoms with Crippen molar-refractivity contribution in [3.05, 3.63) is 49.1 Å². The lowest BCUT2D eigenvalue weighted by molar-refractivity contribution is 1.16. The minimum atomic E-state index is 0.744. The third-order valence-electron chi connectivity index (χ3n) is 2.49. The van der Waals surface area contributed by atoms with Crippen LogP contribution in [0, 0.1) is 0 Å². The van der Waals surface area contributed by atoms with Crippen LogP contribution in [0.3, 0.4) is 0 Å². The highest BCUT2D eigenvalue weighted by Gasteiger charge is 2.05. The first-order valence-electron chi connectivity index (χ1n) is 4.97. The summed E-state index contributed by atoms with van der Waals surface area (Å²) < 4.78 is 2.01. The summed E-state index contributed by atoms with van der Waals surface area (Å²) >= 11 is 0. The molecule has 0 amide bonds. The smallest absolute Gasteiger partial charge is 0.144 e. The summed E-state index contributed by atoms with van der Waals surface area (Å²) in [5.41, 5.74) is 8.50. The van der Waals surface area contributed by atoms with E-state index in [-0.39, 0.29) is 0 Å². The highest BCUT2D eigenvalue weighted by Crippen LogP contribution is 2.19. The number of nitrogens with zero attached hydrogens (tertiary/aromatic N) is 3. The van der Waals surface area contributed by atoms with E-state index in [0.717, 1.165) is 22.6 Å². The van der Waals surface area contributed by atoms with Crippen molar-refractivity contribution >= 4 is 11.2 Å². The van der Waals surface area contributed by atoms with Crippen molar-refractivity contribution in [3.63, 3.8) is 0 Å². The zero-order chi connectivity index (χ0) is 11.0. The summed E-state index contributed by atoms with van der Waals surface area (Å²) in [5.74, 6) is 0.900. The monoisotopic (exact) mass is 210 g/mol. The Morgan fingerprint density at radius 2 is 1.94 bits per heavy atom. The first-order chi connectivity index (χ1) is 7.84. The molecule has 0 aliphatic heterocycles. The summed E-state index contributed by atoms with van der Waals surface area (Å²) in [6.45, 7) is 0. The first-order valence-corrected chi connectivity index (χ1v) is 4.97. The van der Waals surface area contributed by atoms with Gasteiger partial charge in [0.15, 0.2) is 0 Å². The Morgan fingerprint density at radius 3 is 2.75 bits per heavy atom. The second-order valence-electron chi connectivity index (χ2n) is 3.57. The standard InChI is InChI=1S/C12H10N4/c13-10-3-6-16-11(7-10)8-15-12(16)9-1-4-14-5-2-9/h1-8H,13H2. The summed E-state index contributed by atoms with van der Waals surface area (Å²) in [5, 5.41) is 0. The molecular formula is C12H10N4. The maximum Gasteiger partial charge on any atom is 0.144 e. The van der Waals surface area contributed by atoms with Crippen LogP contribution in [-0.4, -0.2) is 14.4 Å². The van der Waals surface area contributed by atoms with Crippen LogP contribution < -0.4 is 5.73 Å². The molecule has 16 heavy (non-hydrogen) atoms. The van der Waals surface area contributed by atoms with Gasteiger partial charge in [0.25, 0.3) is 0 Å². The first kappa shape index (κ1) is 8.91. The molecule has 2 N–H and O–H groups in total. The molecule has 4 heteroatoms. The van der Waals surface area contributed by atoms with E-state index in [4.69, 9.17) is 5.73 Å². The van der Waals surface area contributed by atoms with Gasteiger partial charge in [-0.2, -0.15) is 0 Å². The second-order valence-corrected chi connectivity index (χ2v) is 3.57. The Balaban J connectivity index is 2.26. The maximum atomic E-state index is 5.72. The van der Waals surface area contributed by atoms with Gasteiger partial charge in [-0.3, -0.25) is 9.38 Å². The van der Waals surface area contributed by atoms with E-state index in [9.17, 15) is 0 Å². The molecule has 0 fully saturated rings. The van der Waals surface area contributed by atoms with Crippen molar-refractivity contribution in [2.75, 3.05) is 5.73 Å². The van der Waals surface area contributed by atoms with Crippen LogP contribution >= 0.6 is 0 Å². The molecule has 0 spiro atoms. The third-order valence-corrected chi connectivity index (χ3v) is 2.49. The van der Waals surface area contributed by atoms with Crippen LogP contribution in [0.2, 0.25) is 0 Å². The molecule has 4 nitrogen and oxygen atoms in total. The second kappa shape index (κ2) is 3.34. The Morgan fingerprint density at radius 1 is 1.12 bits per heavy atom. The highest BCUT2D eigenvalue weighted by molar-refractivity contribution is 5.64. The van der Waals surface area contributed by atoms with Crippen LogP contribution in [0.1, 0.15) is 0 Å². The van der Waals surface area contributed by atoms with Crippen molar-refractivity contribution in [1.82, 2.24) is 14.4 Å². The number of hydrogen-bond acceptors (Lipinski definition) is 3. The summed E-state index contributed by atoms with van der Waals surface area (Å²) in [4.78, 5) is 8.38. The lowest BCUT2D eigenvalue weighted by Gasteiger charge is -2.01. The van der Waals surface area contributed by atoms with E-state index in [1.54, 1.807) is 12.4 Å². The summed E-state index contributed by atoms with van der Waals surface area (Å²) in [6.07, 6.45) is 7.25. The lowest BCUT2D eigenvalue weighted by atomic mass is 10.2. The molecule has 0 aliphatic rings. The molecule has 0 aromatic carbocycles. The molecule has 78 valence electrons. The van der Waals surface area contributed by atoms with Crippen molar-refractivity contribution in [3.8, 4) is 11.4 Å². The van der Waals surface area contributed by atoms with Gasteiger partial charge in [-0.1, -0.05) is 0 Å². The minimum Gasteiger partial charge on any atom is -0.399 e. The normalized spacial score (nSPS) is 10.8. The molecule has 3 aromatic rings. The van der Waals surface area contributed by atoms with Crippen molar-refractivity contribution in [1.29, 1.82) is 0 Å². The highest BCUT2D eigenvalue weighted by atomic mass is 15.0. The van der Waals surface area contributed by atoms with E-state index < -0.39 is 0 Å². The number of hydrogen-bond donors (Lipinski definition) is 1. The van der Waals surface area contributed by atoms with Gasteiger partial charge in [0, 0.05) is 29.8 Å². The molecule has 0 aliphatic carbocycles. The van der Waals surface area contributed by atoms with E-state index in [0.29, 0.717) is 0 Å². The van der Waals surface area contributed by atoms with Gasteiger partial charge in [-0.05, 0) is 24.3 Å². The fourth-order valence-electron chi connectivity index (χ4n) is 1.73. The van der Waals surface area contributed by atoms with Crippen molar-refractivity contribution in [2.24, 2.45) is 0 Å². The van der Waals surface area contributed by atoms with E-state index >= 15 is 0 Å². The van der Waals surface area contributed by atoms with Gasteiger partial charge in [0.05, 0.1) is 11.7 Å². The Kier molecular flexibility index (Phi) is 1.86. The summed E-state index contributed by atoms with van der Waals surface area (Å²) in [6, 6.07) is 7.63. The van der Waals surface area contributed by atoms with Gasteiger partial charge >= 0.3 is 0 Å². The van der Waals surface area contributed by atoms with Crippen LogP contribution in [-0.2, 0) is 0 Å². The van der Waals surface area contributed by atoms with Gasteiger partial charge in [-0.25, -0.2) is 4.98 Å². The minimum absolute atomic E-state index is 0.744. The maximum absolute atomic E-state index is 5.72. The predicted molar refractivity (Wildman–Crippen MR) is 62.8 cm³/mol. The fraction of sp³-hybridized carbons (Fsp3) is 0. The zero-order valence-electron chi connectivity index (χ0n) is 8.54. The van der Waals surface area contributed by atoms with E-state index in [1.807, 2.05) is 41.1 Å². The zero-order valence-corrected chi connectivity index (χ0v) is 8.54. The number of anilines is 1. The number of nitrogens with two attached hydrogens (primary N) is 1. The molecule has 0 saturated carbocycles. The lowest BCUT2D eigenvalue weighted by Crippen LogP contribution is -1.91. The molecule has 0 bridgehead atoms. The fourth-order valence-corrected chi connectivity index (χ4v) is 1.73. The van der Waals surface area contributed by atoms with Gasteiger partial charge < -0.3 is 5.73 Å². The topological polar surface area (TPSA) is 56.2 Å². The average molecular weight is 210 g/mol. The van der Waals surface area contributed by atoms with Gasteiger partial charge in [0.1, 0.15) is 5.82 Å². The molecule has 0 saturated heterocycles. The van der Waals surface area contributed by atoms with Gasteiger partial charge in [-0.15, -0.1) is 0 Å². The molecule has 0 unspecified atom stereocenters. The van der Waals surface area contributed by atoms with Crippen LogP contribution in [0.25, 0.3) is 16.9 Å². The van der Waals surface area contributed by atoms with Crippen molar-refractivity contribution in [2.45, 2.75) is 0 Å². The third kappa shape index (κ3) is 1.32. The predicted octanol–water partition coefficient (Wildman–Crippen LogP) is 1.98. The molecule has 0 atom stereocenters. The Hall–Kier alpha value is -2.36. The number of fused-ring (bicyclic) bond motifs is 1. The average Bonchev–Trinajstić information content (AvgIpc) is 2.73. The van der Waals surface area contributed by atoms with E-state index in [1.165, 1.54) is 0 Å². The molecule has 3 rings (SSSR count). The van der Waals surface area contributed by atoms with Crippen LogP contribution in [0.15, 0.2) is 49.1 Å². The SMILES string of the molecule is Nc1ccn2c(-c3ccncc3)ncc2c1. The quantitative estimate of drug-likeness (QED) is 0.668. The number of imidazole rings is 1.